The van der Waals surface area contributed by atoms with E-state index in [1.807, 2.05) is 61.6 Å². The SMILES string of the molecule is CC=Cc1c(C(=O)O)cccc1C1C=Cc2ccccc2O1. The lowest BCUT2D eigenvalue weighted by molar-refractivity contribution is 0.0696. The molecular formula is C19H16O3. The molecule has 2 aromatic rings. The van der Waals surface area contributed by atoms with E-state index in [9.17, 15) is 9.90 Å². The van der Waals surface area contributed by atoms with Crippen molar-refractivity contribution in [3.05, 3.63) is 76.9 Å². The van der Waals surface area contributed by atoms with Crippen LogP contribution in [0.1, 0.15) is 40.1 Å². The van der Waals surface area contributed by atoms with Crippen molar-refractivity contribution in [1.29, 1.82) is 0 Å². The van der Waals surface area contributed by atoms with Crippen molar-refractivity contribution in [2.45, 2.75) is 13.0 Å². The number of aromatic carboxylic acids is 1. The molecule has 1 aliphatic rings. The van der Waals surface area contributed by atoms with Crippen molar-refractivity contribution < 1.29 is 14.6 Å². The van der Waals surface area contributed by atoms with Crippen molar-refractivity contribution in [2.75, 3.05) is 0 Å². The first-order chi connectivity index (χ1) is 10.7. The van der Waals surface area contributed by atoms with Gasteiger partial charge in [-0.05, 0) is 30.7 Å². The van der Waals surface area contributed by atoms with Crippen LogP contribution in [0.2, 0.25) is 0 Å². The molecule has 0 aliphatic carbocycles. The molecule has 1 N–H and O–H groups in total. The van der Waals surface area contributed by atoms with Gasteiger partial charge in [-0.2, -0.15) is 0 Å². The summed E-state index contributed by atoms with van der Waals surface area (Å²) in [5, 5.41) is 9.38. The minimum Gasteiger partial charge on any atom is -0.481 e. The number of carboxylic acid groups (broad SMARTS) is 1. The van der Waals surface area contributed by atoms with Crippen molar-refractivity contribution >= 4 is 18.1 Å². The predicted octanol–water partition coefficient (Wildman–Crippen LogP) is 4.56. The predicted molar refractivity (Wildman–Crippen MR) is 87.0 cm³/mol. The number of para-hydroxylation sites is 1. The fraction of sp³-hybridized carbons (Fsp3) is 0.105. The second-order valence-corrected chi connectivity index (χ2v) is 5.05. The summed E-state index contributed by atoms with van der Waals surface area (Å²) in [4.78, 5) is 11.4. The number of hydrogen-bond donors (Lipinski definition) is 1. The number of allylic oxidation sites excluding steroid dienone is 1. The summed E-state index contributed by atoms with van der Waals surface area (Å²) in [6.07, 6.45) is 7.33. The average Bonchev–Trinajstić information content (AvgIpc) is 2.54. The quantitative estimate of drug-likeness (QED) is 0.901. The van der Waals surface area contributed by atoms with Crippen LogP contribution in [0.25, 0.3) is 12.2 Å². The third-order valence-electron chi connectivity index (χ3n) is 3.63. The Bertz CT molecular complexity index is 772. The molecule has 0 aromatic heterocycles. The van der Waals surface area contributed by atoms with E-state index < -0.39 is 5.97 Å². The van der Waals surface area contributed by atoms with Crippen molar-refractivity contribution in [3.8, 4) is 5.75 Å². The number of carbonyl (C=O) groups is 1. The van der Waals surface area contributed by atoms with Crippen molar-refractivity contribution in [3.63, 3.8) is 0 Å². The molecule has 3 nitrogen and oxygen atoms in total. The second kappa shape index (κ2) is 5.90. The van der Waals surface area contributed by atoms with Crippen LogP contribution in [-0.2, 0) is 0 Å². The van der Waals surface area contributed by atoms with Gasteiger partial charge in [0.25, 0.3) is 0 Å². The summed E-state index contributed by atoms with van der Waals surface area (Å²) < 4.78 is 6.03. The van der Waals surface area contributed by atoms with Gasteiger partial charge < -0.3 is 9.84 Å². The van der Waals surface area contributed by atoms with Crippen LogP contribution in [-0.4, -0.2) is 11.1 Å². The Hall–Kier alpha value is -2.81. The van der Waals surface area contributed by atoms with E-state index in [4.69, 9.17) is 4.74 Å². The Morgan fingerprint density at radius 1 is 1.18 bits per heavy atom. The zero-order valence-electron chi connectivity index (χ0n) is 12.2. The van der Waals surface area contributed by atoms with E-state index in [0.29, 0.717) is 5.56 Å². The van der Waals surface area contributed by atoms with Gasteiger partial charge in [-0.25, -0.2) is 4.79 Å². The van der Waals surface area contributed by atoms with Crippen LogP contribution in [0.15, 0.2) is 54.6 Å². The molecule has 2 aromatic carbocycles. The van der Waals surface area contributed by atoms with Gasteiger partial charge in [-0.1, -0.05) is 48.6 Å². The first-order valence-electron chi connectivity index (χ1n) is 7.13. The molecule has 0 radical (unpaired) electrons. The Balaban J connectivity index is 2.07. The first kappa shape index (κ1) is 14.1. The number of rotatable bonds is 3. The molecule has 1 atom stereocenters. The average molecular weight is 292 g/mol. The topological polar surface area (TPSA) is 46.5 Å². The highest BCUT2D eigenvalue weighted by molar-refractivity contribution is 5.93. The summed E-state index contributed by atoms with van der Waals surface area (Å²) >= 11 is 0. The van der Waals surface area contributed by atoms with E-state index in [0.717, 1.165) is 16.9 Å². The van der Waals surface area contributed by atoms with E-state index in [-0.39, 0.29) is 11.7 Å². The van der Waals surface area contributed by atoms with E-state index in [2.05, 4.69) is 0 Å². The Morgan fingerprint density at radius 2 is 2.00 bits per heavy atom. The van der Waals surface area contributed by atoms with Gasteiger partial charge in [0.1, 0.15) is 11.9 Å². The minimum atomic E-state index is -0.935. The highest BCUT2D eigenvalue weighted by Crippen LogP contribution is 2.34. The Morgan fingerprint density at radius 3 is 2.77 bits per heavy atom. The van der Waals surface area contributed by atoms with Gasteiger partial charge in [0.05, 0.1) is 5.56 Å². The Kier molecular flexibility index (Phi) is 3.79. The van der Waals surface area contributed by atoms with E-state index >= 15 is 0 Å². The fourth-order valence-electron chi connectivity index (χ4n) is 2.63. The lowest BCUT2D eigenvalue weighted by Gasteiger charge is -2.23. The number of hydrogen-bond acceptors (Lipinski definition) is 2. The van der Waals surface area contributed by atoms with Crippen LogP contribution in [0.3, 0.4) is 0 Å². The summed E-state index contributed by atoms with van der Waals surface area (Å²) in [5.74, 6) is -0.128. The summed E-state index contributed by atoms with van der Waals surface area (Å²) in [5.41, 5.74) is 2.85. The monoisotopic (exact) mass is 292 g/mol. The largest absolute Gasteiger partial charge is 0.481 e. The summed E-state index contributed by atoms with van der Waals surface area (Å²) in [7, 11) is 0. The van der Waals surface area contributed by atoms with Gasteiger partial charge in [0.15, 0.2) is 0 Å². The van der Waals surface area contributed by atoms with Gasteiger partial charge >= 0.3 is 5.97 Å². The molecule has 22 heavy (non-hydrogen) atoms. The third kappa shape index (κ3) is 2.53. The maximum Gasteiger partial charge on any atom is 0.336 e. The maximum absolute atomic E-state index is 11.4. The number of benzene rings is 2. The zero-order chi connectivity index (χ0) is 15.5. The number of fused-ring (bicyclic) bond motifs is 1. The molecule has 0 saturated carbocycles. The standard InChI is InChI=1S/C19H16O3/c1-2-6-14-15(8-5-9-16(14)19(20)21)18-12-11-13-7-3-4-10-17(13)22-18/h2-12,18H,1H3,(H,20,21). The maximum atomic E-state index is 11.4. The highest BCUT2D eigenvalue weighted by atomic mass is 16.5. The van der Waals surface area contributed by atoms with Crippen LogP contribution >= 0.6 is 0 Å². The third-order valence-corrected chi connectivity index (χ3v) is 3.63. The first-order valence-corrected chi connectivity index (χ1v) is 7.13. The zero-order valence-corrected chi connectivity index (χ0v) is 12.2. The number of ether oxygens (including phenoxy) is 1. The van der Waals surface area contributed by atoms with Crippen LogP contribution in [0.5, 0.6) is 5.75 Å². The molecule has 0 spiro atoms. The van der Waals surface area contributed by atoms with Gasteiger partial charge in [-0.3, -0.25) is 0 Å². The molecule has 0 bridgehead atoms. The lowest BCUT2D eigenvalue weighted by atomic mass is 9.95. The molecule has 0 amide bonds. The lowest BCUT2D eigenvalue weighted by Crippen LogP contribution is -2.12. The van der Waals surface area contributed by atoms with Crippen molar-refractivity contribution in [1.82, 2.24) is 0 Å². The Labute approximate surface area is 129 Å². The molecule has 1 aliphatic heterocycles. The van der Waals surface area contributed by atoms with Gasteiger partial charge in [0, 0.05) is 11.1 Å². The van der Waals surface area contributed by atoms with Crippen LogP contribution in [0, 0.1) is 0 Å². The molecule has 3 heteroatoms. The normalized spacial score (nSPS) is 16.3. The fourth-order valence-corrected chi connectivity index (χ4v) is 2.63. The van der Waals surface area contributed by atoms with Gasteiger partial charge in [-0.15, -0.1) is 0 Å². The molecular weight excluding hydrogens is 276 g/mol. The smallest absolute Gasteiger partial charge is 0.336 e. The molecule has 110 valence electrons. The summed E-state index contributed by atoms with van der Waals surface area (Å²) in [6.45, 7) is 1.87. The second-order valence-electron chi connectivity index (χ2n) is 5.05. The van der Waals surface area contributed by atoms with E-state index in [1.165, 1.54) is 0 Å². The minimum absolute atomic E-state index is 0.284. The molecule has 3 rings (SSSR count). The summed E-state index contributed by atoms with van der Waals surface area (Å²) in [6, 6.07) is 13.1. The molecule has 0 saturated heterocycles. The highest BCUT2D eigenvalue weighted by Gasteiger charge is 2.21. The molecule has 0 fully saturated rings. The van der Waals surface area contributed by atoms with Crippen molar-refractivity contribution in [2.24, 2.45) is 0 Å². The van der Waals surface area contributed by atoms with Crippen LogP contribution < -0.4 is 4.74 Å². The molecule has 1 heterocycles. The van der Waals surface area contributed by atoms with Crippen LogP contribution in [0.4, 0.5) is 0 Å². The molecule has 1 unspecified atom stereocenters. The van der Waals surface area contributed by atoms with E-state index in [1.54, 1.807) is 12.1 Å². The van der Waals surface area contributed by atoms with Gasteiger partial charge in [0.2, 0.25) is 0 Å². The number of carboxylic acids is 1.